The first-order valence-corrected chi connectivity index (χ1v) is 7.13. The number of pyridine rings is 1. The normalized spacial score (nSPS) is 11.9. The van der Waals surface area contributed by atoms with E-state index in [9.17, 15) is 4.79 Å². The highest BCUT2D eigenvalue weighted by Gasteiger charge is 2.08. The maximum atomic E-state index is 11.9. The zero-order chi connectivity index (χ0) is 14.4. The molecule has 0 aliphatic heterocycles. The third-order valence-electron chi connectivity index (χ3n) is 2.86. The van der Waals surface area contributed by atoms with E-state index in [1.54, 1.807) is 12.4 Å². The summed E-state index contributed by atoms with van der Waals surface area (Å²) >= 11 is 3.37. The summed E-state index contributed by atoms with van der Waals surface area (Å²) in [5, 5.41) is 6.01. The smallest absolute Gasteiger partial charge is 0.238 e. The van der Waals surface area contributed by atoms with E-state index in [2.05, 4.69) is 31.5 Å². The van der Waals surface area contributed by atoms with Crippen molar-refractivity contribution >= 4 is 27.5 Å². The molecule has 0 aliphatic carbocycles. The third kappa shape index (κ3) is 4.43. The Balaban J connectivity index is 1.83. The lowest BCUT2D eigenvalue weighted by atomic mass is 10.1. The number of hydrogen-bond acceptors (Lipinski definition) is 3. The Morgan fingerprint density at radius 3 is 2.90 bits per heavy atom. The van der Waals surface area contributed by atoms with Crippen molar-refractivity contribution in [1.82, 2.24) is 10.3 Å². The minimum absolute atomic E-state index is 0.0705. The average Bonchev–Trinajstić information content (AvgIpc) is 2.46. The fourth-order valence-corrected chi connectivity index (χ4v) is 2.17. The molecule has 1 unspecified atom stereocenters. The van der Waals surface area contributed by atoms with Gasteiger partial charge >= 0.3 is 0 Å². The van der Waals surface area contributed by atoms with Gasteiger partial charge in [-0.25, -0.2) is 0 Å². The van der Waals surface area contributed by atoms with Crippen LogP contribution in [0.1, 0.15) is 18.5 Å². The molecular weight excluding hydrogens is 318 g/mol. The number of carbonyl (C=O) groups is 1. The second-order valence-electron chi connectivity index (χ2n) is 4.45. The van der Waals surface area contributed by atoms with Crippen LogP contribution in [-0.4, -0.2) is 17.4 Å². The summed E-state index contributed by atoms with van der Waals surface area (Å²) in [4.78, 5) is 15.9. The first-order chi connectivity index (χ1) is 9.65. The highest BCUT2D eigenvalue weighted by Crippen LogP contribution is 2.15. The Hall–Kier alpha value is -1.72. The Morgan fingerprint density at radius 1 is 1.35 bits per heavy atom. The van der Waals surface area contributed by atoms with Crippen LogP contribution in [0.15, 0.2) is 53.3 Å². The van der Waals surface area contributed by atoms with E-state index in [-0.39, 0.29) is 18.5 Å². The monoisotopic (exact) mass is 333 g/mol. The molecule has 0 saturated carbocycles. The van der Waals surface area contributed by atoms with Crippen molar-refractivity contribution in [1.29, 1.82) is 0 Å². The lowest BCUT2D eigenvalue weighted by molar-refractivity contribution is -0.115. The van der Waals surface area contributed by atoms with E-state index in [1.807, 2.05) is 43.3 Å². The van der Waals surface area contributed by atoms with Crippen LogP contribution in [0.3, 0.4) is 0 Å². The maximum Gasteiger partial charge on any atom is 0.238 e. The highest BCUT2D eigenvalue weighted by molar-refractivity contribution is 9.10. The van der Waals surface area contributed by atoms with Gasteiger partial charge in [-0.1, -0.05) is 28.1 Å². The summed E-state index contributed by atoms with van der Waals surface area (Å²) in [7, 11) is 0. The molecule has 0 bridgehead atoms. The fourth-order valence-electron chi connectivity index (χ4n) is 1.77. The van der Waals surface area contributed by atoms with Crippen molar-refractivity contribution in [2.45, 2.75) is 13.0 Å². The molecule has 0 aliphatic rings. The lowest BCUT2D eigenvalue weighted by Gasteiger charge is -2.13. The number of nitrogens with zero attached hydrogens (tertiary/aromatic N) is 1. The Kier molecular flexibility index (Phi) is 5.26. The average molecular weight is 334 g/mol. The molecule has 20 heavy (non-hydrogen) atoms. The van der Waals surface area contributed by atoms with Crippen molar-refractivity contribution in [3.63, 3.8) is 0 Å². The Labute approximate surface area is 126 Å². The number of hydrogen-bond donors (Lipinski definition) is 2. The van der Waals surface area contributed by atoms with Crippen LogP contribution in [0.5, 0.6) is 0 Å². The summed E-state index contributed by atoms with van der Waals surface area (Å²) in [6, 6.07) is 11.5. The van der Waals surface area contributed by atoms with E-state index in [0.717, 1.165) is 15.7 Å². The summed E-state index contributed by atoms with van der Waals surface area (Å²) < 4.78 is 0.937. The molecule has 1 atom stereocenters. The van der Waals surface area contributed by atoms with Crippen LogP contribution < -0.4 is 10.6 Å². The minimum atomic E-state index is -0.0705. The van der Waals surface area contributed by atoms with Gasteiger partial charge < -0.3 is 10.6 Å². The Bertz CT molecular complexity index is 574. The number of nitrogens with one attached hydrogen (secondary N) is 2. The minimum Gasteiger partial charge on any atom is -0.325 e. The van der Waals surface area contributed by atoms with Crippen LogP contribution in [-0.2, 0) is 4.79 Å². The summed E-state index contributed by atoms with van der Waals surface area (Å²) in [5.74, 6) is -0.0705. The van der Waals surface area contributed by atoms with Crippen molar-refractivity contribution in [3.8, 4) is 0 Å². The standard InChI is InChI=1S/C15H16BrN3O/c1-11(12-4-3-7-17-9-12)18-10-15(20)19-14-6-2-5-13(16)8-14/h2-9,11,18H,10H2,1H3,(H,19,20). The van der Waals surface area contributed by atoms with Gasteiger partial charge in [0.2, 0.25) is 5.91 Å². The number of benzene rings is 1. The largest absolute Gasteiger partial charge is 0.325 e. The van der Waals surface area contributed by atoms with Crippen LogP contribution in [0.4, 0.5) is 5.69 Å². The number of aromatic nitrogens is 1. The van der Waals surface area contributed by atoms with Crippen LogP contribution in [0.25, 0.3) is 0 Å². The zero-order valence-electron chi connectivity index (χ0n) is 11.1. The van der Waals surface area contributed by atoms with Crippen LogP contribution in [0.2, 0.25) is 0 Å². The third-order valence-corrected chi connectivity index (χ3v) is 3.35. The first kappa shape index (κ1) is 14.7. The summed E-state index contributed by atoms with van der Waals surface area (Å²) in [6.45, 7) is 2.26. The van der Waals surface area contributed by atoms with Crippen molar-refractivity contribution in [3.05, 3.63) is 58.8 Å². The van der Waals surface area contributed by atoms with Gasteiger partial charge in [-0.3, -0.25) is 9.78 Å². The van der Waals surface area contributed by atoms with E-state index in [0.29, 0.717) is 0 Å². The number of halogens is 1. The van der Waals surface area contributed by atoms with E-state index < -0.39 is 0 Å². The maximum absolute atomic E-state index is 11.9. The van der Waals surface area contributed by atoms with Crippen molar-refractivity contribution in [2.24, 2.45) is 0 Å². The molecule has 2 rings (SSSR count). The van der Waals surface area contributed by atoms with Gasteiger partial charge in [0.05, 0.1) is 6.54 Å². The summed E-state index contributed by atoms with van der Waals surface area (Å²) in [6.07, 6.45) is 3.53. The molecule has 0 spiro atoms. The predicted molar refractivity (Wildman–Crippen MR) is 83.4 cm³/mol. The molecular formula is C15H16BrN3O. The van der Waals surface area contributed by atoms with Crippen molar-refractivity contribution < 1.29 is 4.79 Å². The lowest BCUT2D eigenvalue weighted by Crippen LogP contribution is -2.30. The van der Waals surface area contributed by atoms with Gasteiger partial charge in [0.15, 0.2) is 0 Å². The zero-order valence-corrected chi connectivity index (χ0v) is 12.7. The van der Waals surface area contributed by atoms with Gasteiger partial charge in [-0.15, -0.1) is 0 Å². The van der Waals surface area contributed by atoms with Gasteiger partial charge in [0.25, 0.3) is 0 Å². The molecule has 5 heteroatoms. The van der Waals surface area contributed by atoms with Gasteiger partial charge in [-0.2, -0.15) is 0 Å². The fraction of sp³-hybridized carbons (Fsp3) is 0.200. The Morgan fingerprint density at radius 2 is 2.20 bits per heavy atom. The van der Waals surface area contributed by atoms with E-state index in [4.69, 9.17) is 0 Å². The van der Waals surface area contributed by atoms with Gasteiger partial charge in [-0.05, 0) is 36.8 Å². The molecule has 4 nitrogen and oxygen atoms in total. The second kappa shape index (κ2) is 7.17. The molecule has 0 saturated heterocycles. The number of anilines is 1. The molecule has 0 fully saturated rings. The number of carbonyl (C=O) groups excluding carboxylic acids is 1. The molecule has 1 amide bonds. The molecule has 104 valence electrons. The van der Waals surface area contributed by atoms with Gasteiger partial charge in [0, 0.05) is 28.6 Å². The summed E-state index contributed by atoms with van der Waals surface area (Å²) in [5.41, 5.74) is 1.84. The van der Waals surface area contributed by atoms with Crippen LogP contribution in [0, 0.1) is 0 Å². The predicted octanol–water partition coefficient (Wildman–Crippen LogP) is 3.13. The molecule has 1 heterocycles. The van der Waals surface area contributed by atoms with Crippen LogP contribution >= 0.6 is 15.9 Å². The second-order valence-corrected chi connectivity index (χ2v) is 5.36. The van der Waals surface area contributed by atoms with E-state index in [1.165, 1.54) is 0 Å². The number of amides is 1. The molecule has 2 aromatic rings. The topological polar surface area (TPSA) is 54.0 Å². The van der Waals surface area contributed by atoms with E-state index >= 15 is 0 Å². The highest BCUT2D eigenvalue weighted by atomic mass is 79.9. The molecule has 0 radical (unpaired) electrons. The SMILES string of the molecule is CC(NCC(=O)Nc1cccc(Br)c1)c1cccnc1. The molecule has 1 aromatic heterocycles. The van der Waals surface area contributed by atoms with Gasteiger partial charge in [0.1, 0.15) is 0 Å². The van der Waals surface area contributed by atoms with Crippen molar-refractivity contribution in [2.75, 3.05) is 11.9 Å². The molecule has 2 N–H and O–H groups in total. The first-order valence-electron chi connectivity index (χ1n) is 6.34. The molecule has 1 aromatic carbocycles. The quantitative estimate of drug-likeness (QED) is 0.883. The number of rotatable bonds is 5.